The van der Waals surface area contributed by atoms with Gasteiger partial charge in [-0.15, -0.1) is 0 Å². The molecule has 5 heteroatoms. The van der Waals surface area contributed by atoms with Gasteiger partial charge in [-0.25, -0.2) is 0 Å². The Morgan fingerprint density at radius 3 is 2.37 bits per heavy atom. The van der Waals surface area contributed by atoms with E-state index in [0.29, 0.717) is 0 Å². The largest absolute Gasteiger partial charge is 0.284 e. The fourth-order valence-electron chi connectivity index (χ4n) is 3.43. The Bertz CT molecular complexity index is 1220. The van der Waals surface area contributed by atoms with Crippen LogP contribution in [0, 0.1) is 0 Å². The van der Waals surface area contributed by atoms with Crippen molar-refractivity contribution in [2.45, 2.75) is 0 Å². The second-order valence-corrected chi connectivity index (χ2v) is 6.50. The van der Waals surface area contributed by atoms with Crippen molar-refractivity contribution in [3.8, 4) is 33.5 Å². The predicted octanol–water partition coefficient (Wildman–Crippen LogP) is 4.69. The average Bonchev–Trinajstić information content (AvgIpc) is 3.36. The van der Waals surface area contributed by atoms with E-state index in [-0.39, 0.29) is 0 Å². The fourth-order valence-corrected chi connectivity index (χ4v) is 3.43. The van der Waals surface area contributed by atoms with E-state index in [1.165, 1.54) is 11.1 Å². The standard InChI is InChI=1S/C22H17N5/c1-27-21-7-6-18(12-19(21)13-25-27)15-2-4-16(5-3-15)20-14-24-26-22(20)17-8-10-23-11-9-17/h2-14H,1H3,(H,24,26). The molecule has 0 saturated heterocycles. The van der Waals surface area contributed by atoms with E-state index in [1.54, 1.807) is 12.4 Å². The second-order valence-electron chi connectivity index (χ2n) is 6.50. The number of hydrogen-bond acceptors (Lipinski definition) is 3. The molecule has 5 nitrogen and oxygen atoms in total. The van der Waals surface area contributed by atoms with E-state index in [4.69, 9.17) is 0 Å². The summed E-state index contributed by atoms with van der Waals surface area (Å²) in [4.78, 5) is 4.08. The number of hydrogen-bond donors (Lipinski definition) is 1. The van der Waals surface area contributed by atoms with Crippen LogP contribution in [0.4, 0.5) is 0 Å². The van der Waals surface area contributed by atoms with Crippen LogP contribution in [-0.4, -0.2) is 25.0 Å². The monoisotopic (exact) mass is 351 g/mol. The first-order valence-corrected chi connectivity index (χ1v) is 8.76. The van der Waals surface area contributed by atoms with Gasteiger partial charge < -0.3 is 0 Å². The Hall–Kier alpha value is -3.73. The van der Waals surface area contributed by atoms with Gasteiger partial charge in [-0.1, -0.05) is 30.3 Å². The van der Waals surface area contributed by atoms with Crippen LogP contribution in [0.2, 0.25) is 0 Å². The molecule has 0 saturated carbocycles. The molecule has 0 atom stereocenters. The van der Waals surface area contributed by atoms with Gasteiger partial charge >= 0.3 is 0 Å². The zero-order chi connectivity index (χ0) is 18.2. The van der Waals surface area contributed by atoms with Crippen LogP contribution in [0.1, 0.15) is 0 Å². The highest BCUT2D eigenvalue weighted by molar-refractivity contribution is 5.86. The molecule has 0 unspecified atom stereocenters. The summed E-state index contributed by atoms with van der Waals surface area (Å²) in [5.41, 5.74) is 7.68. The molecular weight excluding hydrogens is 334 g/mol. The molecule has 130 valence electrons. The van der Waals surface area contributed by atoms with Crippen LogP contribution < -0.4 is 0 Å². The summed E-state index contributed by atoms with van der Waals surface area (Å²) >= 11 is 0. The molecule has 0 radical (unpaired) electrons. The second kappa shape index (κ2) is 6.21. The molecule has 0 aliphatic rings. The van der Waals surface area contributed by atoms with E-state index >= 15 is 0 Å². The molecule has 0 aliphatic carbocycles. The van der Waals surface area contributed by atoms with Gasteiger partial charge in [0.2, 0.25) is 0 Å². The number of nitrogens with zero attached hydrogens (tertiary/aromatic N) is 4. The normalized spacial score (nSPS) is 11.1. The van der Waals surface area contributed by atoms with Crippen LogP contribution in [-0.2, 0) is 7.05 Å². The molecule has 5 rings (SSSR count). The third kappa shape index (κ3) is 2.69. The number of fused-ring (bicyclic) bond motifs is 1. The first-order valence-electron chi connectivity index (χ1n) is 8.76. The summed E-state index contributed by atoms with van der Waals surface area (Å²) < 4.78 is 1.89. The Balaban J connectivity index is 1.51. The SMILES string of the molecule is Cn1ncc2cc(-c3ccc(-c4c[nH]nc4-c4ccncc4)cc3)ccc21. The lowest BCUT2D eigenvalue weighted by Gasteiger charge is -2.06. The van der Waals surface area contributed by atoms with Gasteiger partial charge in [-0.2, -0.15) is 10.2 Å². The van der Waals surface area contributed by atoms with Crippen LogP contribution in [0.15, 0.2) is 79.4 Å². The molecule has 3 aromatic heterocycles. The highest BCUT2D eigenvalue weighted by atomic mass is 15.2. The maximum absolute atomic E-state index is 4.42. The first-order chi connectivity index (χ1) is 13.3. The molecular formula is C22H17N5. The Morgan fingerprint density at radius 1 is 0.815 bits per heavy atom. The van der Waals surface area contributed by atoms with Crippen LogP contribution in [0.5, 0.6) is 0 Å². The van der Waals surface area contributed by atoms with Crippen molar-refractivity contribution in [2.75, 3.05) is 0 Å². The topological polar surface area (TPSA) is 59.4 Å². The molecule has 2 aromatic carbocycles. The molecule has 3 heterocycles. The summed E-state index contributed by atoms with van der Waals surface area (Å²) in [6.45, 7) is 0. The number of rotatable bonds is 3. The van der Waals surface area contributed by atoms with Gasteiger partial charge in [0.15, 0.2) is 0 Å². The first kappa shape index (κ1) is 15.5. The lowest BCUT2D eigenvalue weighted by molar-refractivity contribution is 0.797. The number of aromatic nitrogens is 5. The Labute approximate surface area is 156 Å². The number of pyridine rings is 1. The Kier molecular flexibility index (Phi) is 3.57. The number of aromatic amines is 1. The molecule has 0 spiro atoms. The maximum atomic E-state index is 4.42. The van der Waals surface area contributed by atoms with Crippen LogP contribution in [0.25, 0.3) is 44.4 Å². The fraction of sp³-hybridized carbons (Fsp3) is 0.0455. The number of nitrogens with one attached hydrogen (secondary N) is 1. The third-order valence-electron chi connectivity index (χ3n) is 4.87. The maximum Gasteiger partial charge on any atom is 0.1000 e. The number of benzene rings is 2. The van der Waals surface area contributed by atoms with Crippen LogP contribution >= 0.6 is 0 Å². The molecule has 1 N–H and O–H groups in total. The third-order valence-corrected chi connectivity index (χ3v) is 4.87. The summed E-state index contributed by atoms with van der Waals surface area (Å²) in [5.74, 6) is 0. The van der Waals surface area contributed by atoms with Crippen molar-refractivity contribution in [3.63, 3.8) is 0 Å². The minimum atomic E-state index is 0.932. The van der Waals surface area contributed by atoms with Gasteiger partial charge in [0.1, 0.15) is 0 Å². The zero-order valence-electron chi connectivity index (χ0n) is 14.8. The Morgan fingerprint density at radius 2 is 1.56 bits per heavy atom. The van der Waals surface area contributed by atoms with Gasteiger partial charge in [0.25, 0.3) is 0 Å². The number of aryl methyl sites for hydroxylation is 1. The van der Waals surface area contributed by atoms with Crippen molar-refractivity contribution in [1.29, 1.82) is 0 Å². The van der Waals surface area contributed by atoms with Crippen molar-refractivity contribution < 1.29 is 0 Å². The lowest BCUT2D eigenvalue weighted by atomic mass is 9.98. The smallest absolute Gasteiger partial charge is 0.1000 e. The van der Waals surface area contributed by atoms with E-state index in [9.17, 15) is 0 Å². The van der Waals surface area contributed by atoms with Crippen LogP contribution in [0.3, 0.4) is 0 Å². The molecule has 0 bridgehead atoms. The zero-order valence-corrected chi connectivity index (χ0v) is 14.8. The highest BCUT2D eigenvalue weighted by Gasteiger charge is 2.11. The highest BCUT2D eigenvalue weighted by Crippen LogP contribution is 2.32. The van der Waals surface area contributed by atoms with E-state index in [2.05, 4.69) is 62.7 Å². The average molecular weight is 351 g/mol. The summed E-state index contributed by atoms with van der Waals surface area (Å²) in [7, 11) is 1.96. The molecule has 27 heavy (non-hydrogen) atoms. The number of H-pyrrole nitrogens is 1. The van der Waals surface area contributed by atoms with Gasteiger partial charge in [-0.3, -0.25) is 14.8 Å². The van der Waals surface area contributed by atoms with E-state index in [1.807, 2.05) is 36.3 Å². The molecule has 0 aliphatic heterocycles. The van der Waals surface area contributed by atoms with Crippen molar-refractivity contribution in [2.24, 2.45) is 7.05 Å². The summed E-state index contributed by atoms with van der Waals surface area (Å²) in [6, 6.07) is 18.9. The predicted molar refractivity (Wildman–Crippen MR) is 107 cm³/mol. The minimum Gasteiger partial charge on any atom is -0.284 e. The quantitative estimate of drug-likeness (QED) is 0.513. The van der Waals surface area contributed by atoms with Gasteiger partial charge in [-0.05, 0) is 41.0 Å². The van der Waals surface area contributed by atoms with Gasteiger partial charge in [0, 0.05) is 42.2 Å². The molecule has 0 fully saturated rings. The van der Waals surface area contributed by atoms with Crippen molar-refractivity contribution in [3.05, 3.63) is 79.4 Å². The minimum absolute atomic E-state index is 0.932. The summed E-state index contributed by atoms with van der Waals surface area (Å²) in [6.07, 6.45) is 7.41. The van der Waals surface area contributed by atoms with E-state index < -0.39 is 0 Å². The van der Waals surface area contributed by atoms with Crippen molar-refractivity contribution in [1.82, 2.24) is 25.0 Å². The molecule has 5 aromatic rings. The molecule has 0 amide bonds. The lowest BCUT2D eigenvalue weighted by Crippen LogP contribution is -1.88. The summed E-state index contributed by atoms with van der Waals surface area (Å²) in [5, 5.41) is 12.9. The van der Waals surface area contributed by atoms with Crippen molar-refractivity contribution >= 4 is 10.9 Å². The van der Waals surface area contributed by atoms with E-state index in [0.717, 1.165) is 33.3 Å². The van der Waals surface area contributed by atoms with Gasteiger partial charge in [0.05, 0.1) is 17.4 Å².